The van der Waals surface area contributed by atoms with Crippen molar-refractivity contribution in [1.29, 1.82) is 5.26 Å². The number of rotatable bonds is 5. The van der Waals surface area contributed by atoms with E-state index in [2.05, 4.69) is 16.8 Å². The van der Waals surface area contributed by atoms with Gasteiger partial charge < -0.3 is 10.4 Å². The van der Waals surface area contributed by atoms with E-state index >= 15 is 0 Å². The van der Waals surface area contributed by atoms with Crippen molar-refractivity contribution in [3.05, 3.63) is 42.0 Å². The highest BCUT2D eigenvalue weighted by Crippen LogP contribution is 2.34. The number of aromatic hydroxyl groups is 1. The first-order chi connectivity index (χ1) is 9.77. The van der Waals surface area contributed by atoms with E-state index in [0.29, 0.717) is 5.56 Å². The number of hydrogen-bond acceptors (Lipinski definition) is 4. The minimum Gasteiger partial charge on any atom is -0.506 e. The van der Waals surface area contributed by atoms with E-state index in [9.17, 15) is 5.11 Å². The van der Waals surface area contributed by atoms with Crippen LogP contribution < -0.4 is 5.32 Å². The molecule has 0 unspecified atom stereocenters. The molecule has 1 aliphatic heterocycles. The number of para-hydroxylation sites is 1. The monoisotopic (exact) mass is 271 g/mol. The number of nitrogens with one attached hydrogen (secondary N) is 1. The molecule has 2 rings (SSSR count). The van der Waals surface area contributed by atoms with Gasteiger partial charge in [0, 0.05) is 37.8 Å². The molecule has 1 aromatic carbocycles. The Bertz CT molecular complexity index is 501. The summed E-state index contributed by atoms with van der Waals surface area (Å²) in [6.45, 7) is 7.62. The molecule has 1 aromatic rings. The van der Waals surface area contributed by atoms with Gasteiger partial charge in [-0.2, -0.15) is 5.26 Å². The number of phenolic OH excluding ortho intramolecular Hbond substituents is 1. The lowest BCUT2D eigenvalue weighted by atomic mass is 9.96. The van der Waals surface area contributed by atoms with Gasteiger partial charge in [-0.1, -0.05) is 18.2 Å². The zero-order chi connectivity index (χ0) is 14.4. The van der Waals surface area contributed by atoms with E-state index in [0.717, 1.165) is 44.6 Å². The van der Waals surface area contributed by atoms with Crippen molar-refractivity contribution < 1.29 is 5.11 Å². The van der Waals surface area contributed by atoms with Crippen LogP contribution in [0.15, 0.2) is 30.9 Å². The molecule has 1 saturated heterocycles. The quantitative estimate of drug-likeness (QED) is 0.806. The van der Waals surface area contributed by atoms with Crippen molar-refractivity contribution in [3.8, 4) is 11.8 Å². The maximum absolute atomic E-state index is 10.3. The molecular formula is C16H21N3O. The fourth-order valence-corrected chi connectivity index (χ4v) is 2.72. The number of benzene rings is 1. The molecular weight excluding hydrogens is 250 g/mol. The minimum absolute atomic E-state index is 0.127. The molecule has 4 heteroatoms. The molecule has 0 radical (unpaired) electrons. The average Bonchev–Trinajstić information content (AvgIpc) is 2.50. The van der Waals surface area contributed by atoms with Crippen LogP contribution in [-0.2, 0) is 0 Å². The highest BCUT2D eigenvalue weighted by Gasteiger charge is 2.24. The molecule has 0 aliphatic carbocycles. The van der Waals surface area contributed by atoms with Gasteiger partial charge in [0.1, 0.15) is 11.8 Å². The summed E-state index contributed by atoms with van der Waals surface area (Å²) in [6, 6.07) is 7.61. The summed E-state index contributed by atoms with van der Waals surface area (Å²) in [5.41, 5.74) is 1.20. The van der Waals surface area contributed by atoms with E-state index in [4.69, 9.17) is 5.26 Å². The van der Waals surface area contributed by atoms with E-state index in [1.54, 1.807) is 6.07 Å². The van der Waals surface area contributed by atoms with Gasteiger partial charge in [-0.25, -0.2) is 0 Å². The first-order valence-corrected chi connectivity index (χ1v) is 7.05. The van der Waals surface area contributed by atoms with Crippen LogP contribution in [-0.4, -0.2) is 36.2 Å². The summed E-state index contributed by atoms with van der Waals surface area (Å²) in [5.74, 6) is 0.127. The zero-order valence-corrected chi connectivity index (χ0v) is 11.7. The molecule has 0 saturated carbocycles. The highest BCUT2D eigenvalue weighted by atomic mass is 16.3. The van der Waals surface area contributed by atoms with Crippen LogP contribution in [0.25, 0.3) is 0 Å². The highest BCUT2D eigenvalue weighted by molar-refractivity contribution is 5.48. The van der Waals surface area contributed by atoms with Crippen molar-refractivity contribution in [2.45, 2.75) is 18.9 Å². The fourth-order valence-electron chi connectivity index (χ4n) is 2.72. The van der Waals surface area contributed by atoms with Crippen LogP contribution >= 0.6 is 0 Å². The first-order valence-electron chi connectivity index (χ1n) is 7.05. The van der Waals surface area contributed by atoms with Crippen LogP contribution in [0.5, 0.6) is 5.75 Å². The lowest BCUT2D eigenvalue weighted by Gasteiger charge is -2.35. The minimum atomic E-state index is 0.127. The van der Waals surface area contributed by atoms with Gasteiger partial charge in [-0.05, 0) is 18.9 Å². The van der Waals surface area contributed by atoms with Crippen LogP contribution in [0, 0.1) is 11.3 Å². The Labute approximate surface area is 120 Å². The van der Waals surface area contributed by atoms with E-state index in [-0.39, 0.29) is 11.8 Å². The van der Waals surface area contributed by atoms with Crippen molar-refractivity contribution >= 4 is 0 Å². The Balaban J connectivity index is 2.30. The predicted octanol–water partition coefficient (Wildman–Crippen LogP) is 2.18. The van der Waals surface area contributed by atoms with Crippen molar-refractivity contribution in [3.63, 3.8) is 0 Å². The normalized spacial score (nSPS) is 17.4. The molecule has 2 N–H and O–H groups in total. The smallest absolute Gasteiger partial charge is 0.138 e. The second-order valence-electron chi connectivity index (χ2n) is 5.02. The summed E-state index contributed by atoms with van der Waals surface area (Å²) in [5, 5.41) is 22.7. The van der Waals surface area contributed by atoms with Crippen molar-refractivity contribution in [1.82, 2.24) is 10.2 Å². The zero-order valence-electron chi connectivity index (χ0n) is 11.7. The maximum Gasteiger partial charge on any atom is 0.138 e. The van der Waals surface area contributed by atoms with Crippen molar-refractivity contribution in [2.75, 3.05) is 26.2 Å². The number of hydrogen-bond donors (Lipinski definition) is 2. The van der Waals surface area contributed by atoms with E-state index in [1.165, 1.54) is 0 Å². The Morgan fingerprint density at radius 2 is 2.20 bits per heavy atom. The van der Waals surface area contributed by atoms with Crippen molar-refractivity contribution in [2.24, 2.45) is 0 Å². The third-order valence-corrected chi connectivity index (χ3v) is 3.78. The van der Waals surface area contributed by atoms with E-state index < -0.39 is 0 Å². The molecule has 0 aromatic heterocycles. The van der Waals surface area contributed by atoms with Gasteiger partial charge in [0.15, 0.2) is 0 Å². The molecule has 1 aliphatic rings. The SMILES string of the molecule is C=CCC[C@H](c1cccc(C#N)c1O)N1CCNCC1. The van der Waals surface area contributed by atoms with E-state index in [1.807, 2.05) is 24.3 Å². The maximum atomic E-state index is 10.3. The summed E-state index contributed by atoms with van der Waals surface area (Å²) in [4.78, 5) is 2.37. The van der Waals surface area contributed by atoms with Crippen LogP contribution in [0.1, 0.15) is 30.0 Å². The third-order valence-electron chi connectivity index (χ3n) is 3.78. The summed E-state index contributed by atoms with van der Waals surface area (Å²) in [6.07, 6.45) is 3.71. The van der Waals surface area contributed by atoms with Gasteiger partial charge in [-0.3, -0.25) is 4.90 Å². The predicted molar refractivity (Wildman–Crippen MR) is 79.4 cm³/mol. The van der Waals surface area contributed by atoms with Gasteiger partial charge in [0.25, 0.3) is 0 Å². The molecule has 1 atom stereocenters. The Morgan fingerprint density at radius 3 is 2.85 bits per heavy atom. The number of piperazine rings is 1. The molecule has 1 fully saturated rings. The number of nitrogens with zero attached hydrogens (tertiary/aromatic N) is 2. The Morgan fingerprint density at radius 1 is 1.45 bits per heavy atom. The molecule has 4 nitrogen and oxygen atoms in total. The largest absolute Gasteiger partial charge is 0.506 e. The number of phenols is 1. The van der Waals surface area contributed by atoms with Gasteiger partial charge >= 0.3 is 0 Å². The first kappa shape index (κ1) is 14.6. The molecule has 0 spiro atoms. The molecule has 0 amide bonds. The fraction of sp³-hybridized carbons (Fsp3) is 0.438. The van der Waals surface area contributed by atoms with Gasteiger partial charge in [0.2, 0.25) is 0 Å². The second kappa shape index (κ2) is 7.09. The summed E-state index contributed by atoms with van der Waals surface area (Å²) >= 11 is 0. The standard InChI is InChI=1S/C16H21N3O/c1-2-3-7-15(19-10-8-18-9-11-19)14-6-4-5-13(12-17)16(14)20/h2,4-6,15,18,20H,1,3,7-11H2/t15-/m1/s1. The molecule has 20 heavy (non-hydrogen) atoms. The van der Waals surface area contributed by atoms with Gasteiger partial charge in [0.05, 0.1) is 5.56 Å². The Hall–Kier alpha value is -1.83. The summed E-state index contributed by atoms with van der Waals surface area (Å²) < 4.78 is 0. The average molecular weight is 271 g/mol. The van der Waals surface area contributed by atoms with Crippen LogP contribution in [0.2, 0.25) is 0 Å². The molecule has 0 bridgehead atoms. The lowest BCUT2D eigenvalue weighted by molar-refractivity contribution is 0.163. The topological polar surface area (TPSA) is 59.3 Å². The van der Waals surface area contributed by atoms with Crippen LogP contribution in [0.3, 0.4) is 0 Å². The number of allylic oxidation sites excluding steroid dienone is 1. The third kappa shape index (κ3) is 3.19. The van der Waals surface area contributed by atoms with Crippen LogP contribution in [0.4, 0.5) is 0 Å². The van der Waals surface area contributed by atoms with Gasteiger partial charge in [-0.15, -0.1) is 6.58 Å². The second-order valence-corrected chi connectivity index (χ2v) is 5.02. The lowest BCUT2D eigenvalue weighted by Crippen LogP contribution is -2.45. The Kier molecular flexibility index (Phi) is 5.16. The molecule has 1 heterocycles. The number of nitriles is 1. The summed E-state index contributed by atoms with van der Waals surface area (Å²) in [7, 11) is 0. The molecule has 106 valence electrons.